The first kappa shape index (κ1) is 11.2. The molecule has 0 aliphatic carbocycles. The number of nitrogens with zero attached hydrogens (tertiary/aromatic N) is 1. The Bertz CT molecular complexity index is 451. The molecule has 1 aliphatic rings. The lowest BCUT2D eigenvalue weighted by Crippen LogP contribution is -2.23. The molecule has 0 bridgehead atoms. The highest BCUT2D eigenvalue weighted by Gasteiger charge is 2.19. The van der Waals surface area contributed by atoms with Crippen molar-refractivity contribution in [1.29, 1.82) is 0 Å². The molecule has 0 N–H and O–H groups in total. The van der Waals surface area contributed by atoms with Crippen molar-refractivity contribution in [2.45, 2.75) is 19.1 Å². The maximum absolute atomic E-state index is 11.7. The first-order valence-corrected chi connectivity index (χ1v) is 5.24. The lowest BCUT2D eigenvalue weighted by Gasteiger charge is -2.14. The smallest absolute Gasteiger partial charge is 0.298 e. The van der Waals surface area contributed by atoms with Crippen LogP contribution in [0.3, 0.4) is 0 Å². The Morgan fingerprint density at radius 1 is 1.62 bits per heavy atom. The standard InChI is InChI=1S/C10H10ClNO4/c11-7-5-12(10-2-1-3-15-10)9(14)4-8(7)16-6-13/h4-6,10H,1-3H2. The van der Waals surface area contributed by atoms with Crippen molar-refractivity contribution in [3.63, 3.8) is 0 Å². The van der Waals surface area contributed by atoms with Gasteiger partial charge in [0.2, 0.25) is 0 Å². The number of hydrogen-bond donors (Lipinski definition) is 0. The molecule has 0 spiro atoms. The largest absolute Gasteiger partial charge is 0.427 e. The average molecular weight is 244 g/mol. The molecule has 0 amide bonds. The third-order valence-electron chi connectivity index (χ3n) is 2.39. The third-order valence-corrected chi connectivity index (χ3v) is 2.67. The number of ether oxygens (including phenoxy) is 2. The predicted octanol–water partition coefficient (Wildman–Crippen LogP) is 1.35. The van der Waals surface area contributed by atoms with E-state index >= 15 is 0 Å². The summed E-state index contributed by atoms with van der Waals surface area (Å²) in [5.74, 6) is 0.0657. The van der Waals surface area contributed by atoms with E-state index in [2.05, 4.69) is 4.74 Å². The zero-order valence-electron chi connectivity index (χ0n) is 8.39. The van der Waals surface area contributed by atoms with Crippen LogP contribution in [0.1, 0.15) is 19.1 Å². The van der Waals surface area contributed by atoms with Crippen molar-refractivity contribution in [2.75, 3.05) is 6.61 Å². The monoisotopic (exact) mass is 243 g/mol. The van der Waals surface area contributed by atoms with Gasteiger partial charge in [-0.3, -0.25) is 14.2 Å². The van der Waals surface area contributed by atoms with Gasteiger partial charge < -0.3 is 9.47 Å². The fourth-order valence-corrected chi connectivity index (χ4v) is 1.86. The van der Waals surface area contributed by atoms with Crippen LogP contribution in [0.5, 0.6) is 5.75 Å². The molecule has 1 aromatic heterocycles. The second-order valence-electron chi connectivity index (χ2n) is 3.41. The summed E-state index contributed by atoms with van der Waals surface area (Å²) in [5, 5.41) is 0.210. The van der Waals surface area contributed by atoms with Crippen LogP contribution < -0.4 is 10.3 Å². The number of aromatic nitrogens is 1. The van der Waals surface area contributed by atoms with E-state index in [9.17, 15) is 9.59 Å². The number of carbonyl (C=O) groups excluding carboxylic acids is 1. The molecule has 0 radical (unpaired) electrons. The predicted molar refractivity (Wildman–Crippen MR) is 56.6 cm³/mol. The van der Waals surface area contributed by atoms with Crippen LogP contribution >= 0.6 is 11.6 Å². The van der Waals surface area contributed by atoms with Gasteiger partial charge >= 0.3 is 0 Å². The van der Waals surface area contributed by atoms with E-state index in [1.807, 2.05) is 0 Å². The molecular formula is C10H10ClNO4. The summed E-state index contributed by atoms with van der Waals surface area (Å²) in [6, 6.07) is 1.18. The van der Waals surface area contributed by atoms with Crippen molar-refractivity contribution < 1.29 is 14.3 Å². The average Bonchev–Trinajstić information content (AvgIpc) is 2.76. The Hall–Kier alpha value is -1.33. The second-order valence-corrected chi connectivity index (χ2v) is 3.82. The molecule has 1 aliphatic heterocycles. The first-order chi connectivity index (χ1) is 7.72. The van der Waals surface area contributed by atoms with Gasteiger partial charge in [-0.1, -0.05) is 11.6 Å². The molecule has 86 valence electrons. The Balaban J connectivity index is 2.36. The van der Waals surface area contributed by atoms with E-state index in [0.717, 1.165) is 12.8 Å². The third kappa shape index (κ3) is 2.10. The first-order valence-electron chi connectivity index (χ1n) is 4.86. The van der Waals surface area contributed by atoms with Crippen molar-refractivity contribution in [3.8, 4) is 5.75 Å². The van der Waals surface area contributed by atoms with Crippen LogP contribution in [0.4, 0.5) is 0 Å². The highest BCUT2D eigenvalue weighted by Crippen LogP contribution is 2.26. The molecule has 0 aromatic carbocycles. The van der Waals surface area contributed by atoms with Crippen LogP contribution in [-0.4, -0.2) is 17.6 Å². The Morgan fingerprint density at radius 2 is 2.44 bits per heavy atom. The van der Waals surface area contributed by atoms with Crippen molar-refractivity contribution in [1.82, 2.24) is 4.57 Å². The van der Waals surface area contributed by atoms with Gasteiger partial charge in [0.05, 0.1) is 5.02 Å². The summed E-state index contributed by atoms with van der Waals surface area (Å²) >= 11 is 5.86. The van der Waals surface area contributed by atoms with Crippen LogP contribution in [0.2, 0.25) is 5.02 Å². The molecule has 1 saturated heterocycles. The van der Waals surface area contributed by atoms with Crippen molar-refractivity contribution in [2.24, 2.45) is 0 Å². The van der Waals surface area contributed by atoms with Crippen LogP contribution in [0.25, 0.3) is 0 Å². The molecule has 1 atom stereocenters. The Labute approximate surface area is 96.5 Å². The molecule has 1 fully saturated rings. The fraction of sp³-hybridized carbons (Fsp3) is 0.400. The minimum atomic E-state index is -0.298. The number of rotatable bonds is 3. The van der Waals surface area contributed by atoms with Crippen LogP contribution in [0, 0.1) is 0 Å². The van der Waals surface area contributed by atoms with E-state index < -0.39 is 0 Å². The van der Waals surface area contributed by atoms with Crippen molar-refractivity contribution >= 4 is 18.1 Å². The highest BCUT2D eigenvalue weighted by molar-refractivity contribution is 6.31. The number of halogens is 1. The maximum atomic E-state index is 11.7. The lowest BCUT2D eigenvalue weighted by atomic mass is 10.3. The van der Waals surface area contributed by atoms with E-state index in [1.165, 1.54) is 16.8 Å². The Kier molecular flexibility index (Phi) is 3.26. The molecule has 2 heterocycles. The molecule has 1 unspecified atom stereocenters. The zero-order chi connectivity index (χ0) is 11.5. The molecule has 16 heavy (non-hydrogen) atoms. The minimum Gasteiger partial charge on any atom is -0.427 e. The summed E-state index contributed by atoms with van der Waals surface area (Å²) in [4.78, 5) is 21.8. The SMILES string of the molecule is O=COc1cc(=O)n(C2CCCO2)cc1Cl. The van der Waals surface area contributed by atoms with Gasteiger partial charge in [-0.05, 0) is 12.8 Å². The van der Waals surface area contributed by atoms with E-state index in [0.29, 0.717) is 6.61 Å². The van der Waals surface area contributed by atoms with Crippen LogP contribution in [-0.2, 0) is 9.53 Å². The summed E-state index contributed by atoms with van der Waals surface area (Å²) in [6.07, 6.45) is 2.86. The second kappa shape index (κ2) is 4.67. The fourth-order valence-electron chi connectivity index (χ4n) is 1.65. The zero-order valence-corrected chi connectivity index (χ0v) is 9.14. The van der Waals surface area contributed by atoms with Gasteiger partial charge in [-0.25, -0.2) is 0 Å². The van der Waals surface area contributed by atoms with Crippen molar-refractivity contribution in [3.05, 3.63) is 27.6 Å². The molecule has 0 saturated carbocycles. The summed E-state index contributed by atoms with van der Waals surface area (Å²) in [7, 11) is 0. The number of pyridine rings is 1. The summed E-state index contributed by atoms with van der Waals surface area (Å²) in [6.45, 7) is 0.873. The van der Waals surface area contributed by atoms with Gasteiger partial charge in [0.25, 0.3) is 12.0 Å². The van der Waals surface area contributed by atoms with E-state index in [1.54, 1.807) is 0 Å². The Morgan fingerprint density at radius 3 is 3.06 bits per heavy atom. The normalized spacial score (nSPS) is 19.7. The molecular weight excluding hydrogens is 234 g/mol. The summed E-state index contributed by atoms with van der Waals surface area (Å²) in [5.41, 5.74) is -0.298. The molecule has 5 nitrogen and oxygen atoms in total. The lowest BCUT2D eigenvalue weighted by molar-refractivity contribution is -0.120. The van der Waals surface area contributed by atoms with Gasteiger partial charge in [0.1, 0.15) is 6.23 Å². The summed E-state index contributed by atoms with van der Waals surface area (Å²) < 4.78 is 11.3. The molecule has 1 aromatic rings. The quantitative estimate of drug-likeness (QED) is 0.752. The van der Waals surface area contributed by atoms with Crippen LogP contribution in [0.15, 0.2) is 17.1 Å². The van der Waals surface area contributed by atoms with E-state index in [-0.39, 0.29) is 29.0 Å². The minimum absolute atomic E-state index is 0.0657. The highest BCUT2D eigenvalue weighted by atomic mass is 35.5. The number of carbonyl (C=O) groups is 1. The molecule has 6 heteroatoms. The maximum Gasteiger partial charge on any atom is 0.298 e. The van der Waals surface area contributed by atoms with Gasteiger partial charge in [-0.2, -0.15) is 0 Å². The van der Waals surface area contributed by atoms with Gasteiger partial charge in [0.15, 0.2) is 5.75 Å². The van der Waals surface area contributed by atoms with Gasteiger partial charge in [0, 0.05) is 18.9 Å². The van der Waals surface area contributed by atoms with Gasteiger partial charge in [-0.15, -0.1) is 0 Å². The number of hydrogen-bond acceptors (Lipinski definition) is 4. The topological polar surface area (TPSA) is 57.5 Å². The van der Waals surface area contributed by atoms with E-state index in [4.69, 9.17) is 16.3 Å². The molecule has 2 rings (SSSR count).